The van der Waals surface area contributed by atoms with Crippen molar-refractivity contribution in [2.75, 3.05) is 23.0 Å². The molecule has 0 saturated carbocycles. The quantitative estimate of drug-likeness (QED) is 0.708. The molecule has 1 atom stereocenters. The molecule has 8 heteroatoms. The molecule has 0 aromatic carbocycles. The van der Waals surface area contributed by atoms with Crippen LogP contribution in [-0.2, 0) is 4.79 Å². The monoisotopic (exact) mass is 235 g/mol. The Labute approximate surface area is 88.0 Å². The van der Waals surface area contributed by atoms with Crippen molar-refractivity contribution in [1.82, 2.24) is 0 Å². The van der Waals surface area contributed by atoms with Gasteiger partial charge in [-0.2, -0.15) is 13.2 Å². The van der Waals surface area contributed by atoms with E-state index in [-0.39, 0.29) is 17.3 Å². The highest BCUT2D eigenvalue weighted by Crippen LogP contribution is 2.41. The minimum absolute atomic E-state index is 0.0769. The van der Waals surface area contributed by atoms with E-state index in [1.807, 2.05) is 0 Å². The van der Waals surface area contributed by atoms with Crippen molar-refractivity contribution in [3.8, 4) is 0 Å². The van der Waals surface area contributed by atoms with Crippen molar-refractivity contribution in [2.24, 2.45) is 0 Å². The van der Waals surface area contributed by atoms with Crippen LogP contribution in [-0.4, -0.2) is 25.2 Å². The maximum Gasteiger partial charge on any atom is 0.417 e. The van der Waals surface area contributed by atoms with Crippen molar-refractivity contribution in [2.45, 2.75) is 12.2 Å². The summed E-state index contributed by atoms with van der Waals surface area (Å²) < 4.78 is 42.5. The predicted octanol–water partition coefficient (Wildman–Crippen LogP) is 1.18. The number of furan rings is 1. The Balaban J connectivity index is 2.46. The topological polar surface area (TPSA) is 71.5 Å². The summed E-state index contributed by atoms with van der Waals surface area (Å²) in [5, 5.41) is 2.08. The van der Waals surface area contributed by atoms with Crippen molar-refractivity contribution in [3.05, 3.63) is 6.26 Å². The van der Waals surface area contributed by atoms with Gasteiger partial charge in [-0.1, -0.05) is 0 Å². The first-order valence-corrected chi connectivity index (χ1v) is 4.29. The number of fused-ring (bicyclic) bond motifs is 1. The molecule has 0 fully saturated rings. The first-order chi connectivity index (χ1) is 7.32. The standard InChI is InChI=1S/C8H8F3N3O2/c1-14-3-2-16-6(12)4(3)13-7(15)5(14)8(9,10)11/h2,5H,12H2,1H3,(H,13,15). The van der Waals surface area contributed by atoms with E-state index in [0.29, 0.717) is 0 Å². The molecule has 0 bridgehead atoms. The maximum atomic E-state index is 12.6. The van der Waals surface area contributed by atoms with E-state index in [1.54, 1.807) is 0 Å². The van der Waals surface area contributed by atoms with Gasteiger partial charge < -0.3 is 20.4 Å². The van der Waals surface area contributed by atoms with Gasteiger partial charge in [0.2, 0.25) is 11.9 Å². The van der Waals surface area contributed by atoms with Crippen LogP contribution in [0, 0.1) is 0 Å². The number of nitrogens with one attached hydrogen (secondary N) is 1. The number of likely N-dealkylation sites (N-methyl/N-ethyl adjacent to an activating group) is 1. The Bertz CT molecular complexity index is 440. The fourth-order valence-corrected chi connectivity index (χ4v) is 1.62. The molecule has 1 aliphatic heterocycles. The molecule has 2 heterocycles. The summed E-state index contributed by atoms with van der Waals surface area (Å²) in [5.41, 5.74) is 5.54. The number of rotatable bonds is 0. The van der Waals surface area contributed by atoms with Crippen LogP contribution in [0.2, 0.25) is 0 Å². The zero-order valence-corrected chi connectivity index (χ0v) is 8.13. The van der Waals surface area contributed by atoms with E-state index in [0.717, 1.165) is 18.2 Å². The van der Waals surface area contributed by atoms with Gasteiger partial charge >= 0.3 is 6.18 Å². The number of hydrogen-bond acceptors (Lipinski definition) is 4. The summed E-state index contributed by atoms with van der Waals surface area (Å²) in [5.74, 6) is -1.29. The Morgan fingerprint density at radius 3 is 2.75 bits per heavy atom. The number of alkyl halides is 3. The second kappa shape index (κ2) is 3.06. The fraction of sp³-hybridized carbons (Fsp3) is 0.375. The van der Waals surface area contributed by atoms with Gasteiger partial charge in [0.15, 0.2) is 0 Å². The Morgan fingerprint density at radius 2 is 2.19 bits per heavy atom. The normalized spacial score (nSPS) is 20.6. The van der Waals surface area contributed by atoms with Crippen LogP contribution < -0.4 is 16.0 Å². The Kier molecular flexibility index (Phi) is 2.04. The Morgan fingerprint density at radius 1 is 1.56 bits per heavy atom. The van der Waals surface area contributed by atoms with Crippen LogP contribution in [0.1, 0.15) is 0 Å². The molecule has 0 spiro atoms. The predicted molar refractivity (Wildman–Crippen MR) is 50.0 cm³/mol. The molecule has 16 heavy (non-hydrogen) atoms. The van der Waals surface area contributed by atoms with Gasteiger partial charge in [-0.3, -0.25) is 4.79 Å². The van der Waals surface area contributed by atoms with Gasteiger partial charge in [-0.05, 0) is 0 Å². The lowest BCUT2D eigenvalue weighted by molar-refractivity contribution is -0.160. The average Bonchev–Trinajstić information content (AvgIpc) is 2.46. The summed E-state index contributed by atoms with van der Waals surface area (Å²) >= 11 is 0. The summed E-state index contributed by atoms with van der Waals surface area (Å²) in [4.78, 5) is 12.1. The number of halogens is 3. The van der Waals surface area contributed by atoms with Crippen LogP contribution in [0.15, 0.2) is 10.7 Å². The van der Waals surface area contributed by atoms with Gasteiger partial charge in [-0.25, -0.2) is 0 Å². The van der Waals surface area contributed by atoms with Crippen LogP contribution in [0.5, 0.6) is 0 Å². The molecule has 1 aliphatic rings. The van der Waals surface area contributed by atoms with Gasteiger partial charge in [-0.15, -0.1) is 0 Å². The lowest BCUT2D eigenvalue weighted by Gasteiger charge is -2.33. The molecule has 1 aromatic heterocycles. The number of hydrogen-bond donors (Lipinski definition) is 2. The third-order valence-electron chi connectivity index (χ3n) is 2.37. The molecule has 5 nitrogen and oxygen atoms in total. The number of carbonyl (C=O) groups excluding carboxylic acids is 1. The summed E-state index contributed by atoms with van der Waals surface area (Å²) in [6.45, 7) is 0. The number of amides is 1. The van der Waals surface area contributed by atoms with Gasteiger partial charge in [0.05, 0.1) is 0 Å². The Hall–Kier alpha value is -1.86. The largest absolute Gasteiger partial charge is 0.445 e. The average molecular weight is 235 g/mol. The summed E-state index contributed by atoms with van der Waals surface area (Å²) in [6.07, 6.45) is -3.58. The molecule has 0 aliphatic carbocycles. The van der Waals surface area contributed by atoms with Crippen LogP contribution >= 0.6 is 0 Å². The highest BCUT2D eigenvalue weighted by Gasteiger charge is 2.51. The minimum Gasteiger partial charge on any atom is -0.445 e. The zero-order chi connectivity index (χ0) is 12.1. The van der Waals surface area contributed by atoms with E-state index in [2.05, 4.69) is 5.32 Å². The lowest BCUT2D eigenvalue weighted by atomic mass is 10.1. The van der Waals surface area contributed by atoms with E-state index in [4.69, 9.17) is 10.2 Å². The summed E-state index contributed by atoms with van der Waals surface area (Å²) in [6, 6.07) is -2.23. The summed E-state index contributed by atoms with van der Waals surface area (Å²) in [7, 11) is 1.16. The smallest absolute Gasteiger partial charge is 0.417 e. The molecule has 2 rings (SSSR count). The van der Waals surface area contributed by atoms with E-state index >= 15 is 0 Å². The lowest BCUT2D eigenvalue weighted by Crippen LogP contribution is -2.54. The van der Waals surface area contributed by atoms with Crippen molar-refractivity contribution < 1.29 is 22.4 Å². The van der Waals surface area contributed by atoms with Crippen molar-refractivity contribution in [3.63, 3.8) is 0 Å². The van der Waals surface area contributed by atoms with E-state index < -0.39 is 18.1 Å². The maximum absolute atomic E-state index is 12.6. The second-order valence-corrected chi connectivity index (χ2v) is 3.40. The number of anilines is 3. The highest BCUT2D eigenvalue weighted by molar-refractivity contribution is 6.06. The van der Waals surface area contributed by atoms with Gasteiger partial charge in [0.25, 0.3) is 5.91 Å². The molecule has 3 N–H and O–H groups in total. The van der Waals surface area contributed by atoms with Crippen LogP contribution in [0.3, 0.4) is 0 Å². The third-order valence-corrected chi connectivity index (χ3v) is 2.37. The molecule has 0 saturated heterocycles. The first kappa shape index (κ1) is 10.7. The van der Waals surface area contributed by atoms with Gasteiger partial charge in [0.1, 0.15) is 17.6 Å². The van der Waals surface area contributed by atoms with Crippen LogP contribution in [0.25, 0.3) is 0 Å². The molecule has 1 amide bonds. The highest BCUT2D eigenvalue weighted by atomic mass is 19.4. The number of nitrogens with zero attached hydrogens (tertiary/aromatic N) is 1. The first-order valence-electron chi connectivity index (χ1n) is 4.29. The number of nitrogen functional groups attached to an aromatic ring is 1. The molecule has 0 radical (unpaired) electrons. The molecular weight excluding hydrogens is 227 g/mol. The molecule has 1 unspecified atom stereocenters. The molecular formula is C8H8F3N3O2. The molecule has 1 aromatic rings. The van der Waals surface area contributed by atoms with E-state index in [9.17, 15) is 18.0 Å². The number of nitrogens with two attached hydrogens (primary N) is 1. The van der Waals surface area contributed by atoms with Crippen LogP contribution in [0.4, 0.5) is 30.4 Å². The minimum atomic E-state index is -4.65. The van der Waals surface area contributed by atoms with Crippen molar-refractivity contribution in [1.29, 1.82) is 0 Å². The zero-order valence-electron chi connectivity index (χ0n) is 8.13. The fourth-order valence-electron chi connectivity index (χ4n) is 1.62. The second-order valence-electron chi connectivity index (χ2n) is 3.40. The third kappa shape index (κ3) is 1.37. The molecule has 88 valence electrons. The van der Waals surface area contributed by atoms with E-state index in [1.165, 1.54) is 0 Å². The van der Waals surface area contributed by atoms with Crippen molar-refractivity contribution >= 4 is 23.2 Å². The van der Waals surface area contributed by atoms with Gasteiger partial charge in [0, 0.05) is 7.05 Å². The number of carbonyl (C=O) groups is 1. The SMILES string of the molecule is CN1c2coc(N)c2NC(=O)C1C(F)(F)F.